The fourth-order valence-electron chi connectivity index (χ4n) is 2.21. The minimum absolute atomic E-state index is 0.0393. The Balaban J connectivity index is 2.16. The highest BCUT2D eigenvalue weighted by Gasteiger charge is 2.30. The van der Waals surface area contributed by atoms with Crippen LogP contribution < -0.4 is 16.0 Å². The van der Waals surface area contributed by atoms with E-state index in [1.165, 1.54) is 0 Å². The molecular formula is C12H19N3O2. The van der Waals surface area contributed by atoms with Gasteiger partial charge in [-0.15, -0.1) is 0 Å². The van der Waals surface area contributed by atoms with E-state index < -0.39 is 0 Å². The van der Waals surface area contributed by atoms with E-state index in [1.54, 1.807) is 19.5 Å². The van der Waals surface area contributed by atoms with Crippen LogP contribution >= 0.6 is 0 Å². The van der Waals surface area contributed by atoms with Crippen molar-refractivity contribution in [2.75, 3.05) is 7.11 Å². The number of hydrazine groups is 1. The van der Waals surface area contributed by atoms with Gasteiger partial charge in [0.25, 0.3) is 0 Å². The molecule has 2 heterocycles. The summed E-state index contributed by atoms with van der Waals surface area (Å²) in [7, 11) is 1.62. The Bertz CT molecular complexity index is 373. The molecule has 0 spiro atoms. The molecule has 1 saturated heterocycles. The van der Waals surface area contributed by atoms with Crippen molar-refractivity contribution < 1.29 is 9.47 Å². The van der Waals surface area contributed by atoms with Gasteiger partial charge in [0.05, 0.1) is 31.6 Å². The average molecular weight is 237 g/mol. The highest BCUT2D eigenvalue weighted by atomic mass is 16.5. The average Bonchev–Trinajstić information content (AvgIpc) is 2.77. The molecule has 0 radical (unpaired) electrons. The third-order valence-corrected chi connectivity index (χ3v) is 3.15. The van der Waals surface area contributed by atoms with E-state index in [0.29, 0.717) is 6.10 Å². The molecule has 3 atom stereocenters. The second-order valence-electron chi connectivity index (χ2n) is 4.36. The number of nitrogens with zero attached hydrogens (tertiary/aromatic N) is 1. The Morgan fingerprint density at radius 2 is 2.35 bits per heavy atom. The van der Waals surface area contributed by atoms with Crippen LogP contribution in [0.4, 0.5) is 0 Å². The van der Waals surface area contributed by atoms with E-state index >= 15 is 0 Å². The molecule has 0 aromatic carbocycles. The van der Waals surface area contributed by atoms with Gasteiger partial charge >= 0.3 is 0 Å². The van der Waals surface area contributed by atoms with Gasteiger partial charge in [0.1, 0.15) is 5.75 Å². The number of methoxy groups -OCH3 is 1. The van der Waals surface area contributed by atoms with Crippen LogP contribution in [0.5, 0.6) is 5.75 Å². The van der Waals surface area contributed by atoms with E-state index in [0.717, 1.165) is 24.2 Å². The lowest BCUT2D eigenvalue weighted by molar-refractivity contribution is 0.0315. The maximum absolute atomic E-state index is 5.83. The summed E-state index contributed by atoms with van der Waals surface area (Å²) in [5.41, 5.74) is 3.80. The van der Waals surface area contributed by atoms with Crippen molar-refractivity contribution in [2.45, 2.75) is 38.0 Å². The number of ether oxygens (including phenoxy) is 2. The van der Waals surface area contributed by atoms with Gasteiger partial charge in [-0.1, -0.05) is 0 Å². The summed E-state index contributed by atoms with van der Waals surface area (Å²) in [6.45, 7) is 2.08. The summed E-state index contributed by atoms with van der Waals surface area (Å²) in [5, 5.41) is 0. The Morgan fingerprint density at radius 3 is 2.94 bits per heavy atom. The molecule has 1 aliphatic heterocycles. The van der Waals surface area contributed by atoms with Crippen LogP contribution in [0.1, 0.15) is 31.4 Å². The molecule has 1 aliphatic rings. The zero-order chi connectivity index (χ0) is 12.3. The molecule has 1 aromatic rings. The zero-order valence-corrected chi connectivity index (χ0v) is 10.2. The lowest BCUT2D eigenvalue weighted by Gasteiger charge is -2.23. The third kappa shape index (κ3) is 2.74. The van der Waals surface area contributed by atoms with Crippen LogP contribution in [0, 0.1) is 0 Å². The molecule has 0 bridgehead atoms. The Labute approximate surface area is 101 Å². The minimum Gasteiger partial charge on any atom is -0.495 e. The smallest absolute Gasteiger partial charge is 0.137 e. The molecule has 94 valence electrons. The van der Waals surface area contributed by atoms with E-state index in [-0.39, 0.29) is 12.1 Å². The largest absolute Gasteiger partial charge is 0.495 e. The van der Waals surface area contributed by atoms with Crippen molar-refractivity contribution in [2.24, 2.45) is 5.84 Å². The van der Waals surface area contributed by atoms with Crippen LogP contribution in [0.3, 0.4) is 0 Å². The number of hydrogen-bond acceptors (Lipinski definition) is 5. The van der Waals surface area contributed by atoms with Crippen LogP contribution in [0.25, 0.3) is 0 Å². The van der Waals surface area contributed by atoms with Crippen LogP contribution in [0.2, 0.25) is 0 Å². The maximum atomic E-state index is 5.83. The van der Waals surface area contributed by atoms with Crippen LogP contribution in [-0.4, -0.2) is 24.3 Å². The lowest BCUT2D eigenvalue weighted by atomic mass is 10.0. The first-order chi connectivity index (χ1) is 8.24. The highest BCUT2D eigenvalue weighted by molar-refractivity contribution is 5.26. The Kier molecular flexibility index (Phi) is 3.93. The van der Waals surface area contributed by atoms with Crippen LogP contribution in [0.15, 0.2) is 18.5 Å². The molecule has 5 heteroatoms. The molecule has 3 unspecified atom stereocenters. The fourth-order valence-corrected chi connectivity index (χ4v) is 2.21. The standard InChI is InChI=1S/C12H19N3O2/c1-8-3-4-11(17-8)12(15-13)9-5-10(16-2)7-14-6-9/h5-8,11-12,15H,3-4,13H2,1-2H3. The predicted molar refractivity (Wildman–Crippen MR) is 64.4 cm³/mol. The predicted octanol–water partition coefficient (Wildman–Crippen LogP) is 1.16. The quantitative estimate of drug-likeness (QED) is 0.607. The Hall–Kier alpha value is -1.17. The van der Waals surface area contributed by atoms with Gasteiger partial charge in [0.2, 0.25) is 0 Å². The number of aromatic nitrogens is 1. The number of pyridine rings is 1. The monoisotopic (exact) mass is 237 g/mol. The number of nitrogens with one attached hydrogen (secondary N) is 1. The zero-order valence-electron chi connectivity index (χ0n) is 10.2. The van der Waals surface area contributed by atoms with Gasteiger partial charge in [-0.2, -0.15) is 0 Å². The Morgan fingerprint density at radius 1 is 1.53 bits per heavy atom. The van der Waals surface area contributed by atoms with Crippen molar-refractivity contribution in [1.29, 1.82) is 0 Å². The molecule has 1 aromatic heterocycles. The molecule has 17 heavy (non-hydrogen) atoms. The van der Waals surface area contributed by atoms with Crippen molar-refractivity contribution in [3.8, 4) is 5.75 Å². The highest BCUT2D eigenvalue weighted by Crippen LogP contribution is 2.30. The van der Waals surface area contributed by atoms with E-state index in [9.17, 15) is 0 Å². The fraction of sp³-hybridized carbons (Fsp3) is 0.583. The number of rotatable bonds is 4. The second-order valence-corrected chi connectivity index (χ2v) is 4.36. The van der Waals surface area contributed by atoms with Crippen molar-refractivity contribution in [3.63, 3.8) is 0 Å². The van der Waals surface area contributed by atoms with Gasteiger partial charge in [0.15, 0.2) is 0 Å². The first-order valence-corrected chi connectivity index (χ1v) is 5.85. The molecule has 0 aliphatic carbocycles. The molecule has 5 nitrogen and oxygen atoms in total. The summed E-state index contributed by atoms with van der Waals surface area (Å²) < 4.78 is 11.0. The topological polar surface area (TPSA) is 69.4 Å². The first kappa shape index (κ1) is 12.3. The first-order valence-electron chi connectivity index (χ1n) is 5.85. The van der Waals surface area contributed by atoms with Gasteiger partial charge in [-0.25, -0.2) is 0 Å². The van der Waals surface area contributed by atoms with E-state index in [4.69, 9.17) is 15.3 Å². The van der Waals surface area contributed by atoms with E-state index in [2.05, 4.69) is 17.3 Å². The molecule has 0 saturated carbocycles. The van der Waals surface area contributed by atoms with Crippen LogP contribution in [-0.2, 0) is 4.74 Å². The molecule has 2 rings (SSSR count). The van der Waals surface area contributed by atoms with Gasteiger partial charge in [-0.05, 0) is 31.4 Å². The molecule has 3 N–H and O–H groups in total. The van der Waals surface area contributed by atoms with Gasteiger partial charge in [-0.3, -0.25) is 16.3 Å². The maximum Gasteiger partial charge on any atom is 0.137 e. The summed E-state index contributed by atoms with van der Waals surface area (Å²) in [6.07, 6.45) is 5.94. The van der Waals surface area contributed by atoms with Crippen molar-refractivity contribution in [1.82, 2.24) is 10.4 Å². The minimum atomic E-state index is -0.0393. The van der Waals surface area contributed by atoms with Gasteiger partial charge < -0.3 is 9.47 Å². The summed E-state index contributed by atoms with van der Waals surface area (Å²) in [4.78, 5) is 4.14. The normalized spacial score (nSPS) is 25.8. The number of hydrogen-bond donors (Lipinski definition) is 2. The second kappa shape index (κ2) is 5.44. The third-order valence-electron chi connectivity index (χ3n) is 3.15. The van der Waals surface area contributed by atoms with Crippen molar-refractivity contribution in [3.05, 3.63) is 24.0 Å². The number of nitrogens with two attached hydrogens (primary N) is 1. The molecular weight excluding hydrogens is 218 g/mol. The van der Waals surface area contributed by atoms with Gasteiger partial charge in [0, 0.05) is 6.20 Å². The lowest BCUT2D eigenvalue weighted by Crippen LogP contribution is -2.36. The molecule has 0 amide bonds. The SMILES string of the molecule is COc1cncc(C(NN)C2CCC(C)O2)c1. The van der Waals surface area contributed by atoms with E-state index in [1.807, 2.05) is 6.07 Å². The summed E-state index contributed by atoms with van der Waals surface area (Å²) in [6, 6.07) is 1.90. The van der Waals surface area contributed by atoms with Crippen molar-refractivity contribution >= 4 is 0 Å². The summed E-state index contributed by atoms with van der Waals surface area (Å²) >= 11 is 0. The summed E-state index contributed by atoms with van der Waals surface area (Å²) in [5.74, 6) is 6.35. The molecule has 1 fully saturated rings.